The summed E-state index contributed by atoms with van der Waals surface area (Å²) in [6.07, 6.45) is 0. The van der Waals surface area contributed by atoms with Gasteiger partial charge in [-0.15, -0.1) is 0 Å². The molecule has 0 aliphatic carbocycles. The molecule has 1 N–H and O–H groups in total. The lowest BCUT2D eigenvalue weighted by atomic mass is 10.2. The lowest BCUT2D eigenvalue weighted by Gasteiger charge is -2.03. The second kappa shape index (κ2) is 6.34. The molecule has 2 nitrogen and oxygen atoms in total. The van der Waals surface area contributed by atoms with Gasteiger partial charge in [-0.2, -0.15) is 0 Å². The van der Waals surface area contributed by atoms with Crippen LogP contribution in [-0.4, -0.2) is 20.2 Å². The van der Waals surface area contributed by atoms with Crippen molar-refractivity contribution in [3.8, 4) is 0 Å². The number of likely N-dealkylation sites (N-methyl/N-ethyl adjacent to an activating group) is 1. The molecule has 0 saturated carbocycles. The molecule has 0 unspecified atom stereocenters. The van der Waals surface area contributed by atoms with Crippen molar-refractivity contribution < 1.29 is 4.74 Å². The normalized spacial score (nSPS) is 10.3. The maximum absolute atomic E-state index is 5.44. The highest BCUT2D eigenvalue weighted by molar-refractivity contribution is 14.1. The fourth-order valence-corrected chi connectivity index (χ4v) is 1.30. The Hall–Kier alpha value is -0.130. The Balaban J connectivity index is 2.25. The van der Waals surface area contributed by atoms with Crippen LogP contribution in [0.15, 0.2) is 24.3 Å². The minimum atomic E-state index is 0.707. The summed E-state index contributed by atoms with van der Waals surface area (Å²) in [4.78, 5) is 0. The average Bonchev–Trinajstić information content (AvgIpc) is 2.15. The van der Waals surface area contributed by atoms with Crippen LogP contribution in [0.1, 0.15) is 5.56 Å². The van der Waals surface area contributed by atoms with Gasteiger partial charge in [-0.05, 0) is 47.3 Å². The highest BCUT2D eigenvalue weighted by Gasteiger charge is 1.92. The lowest BCUT2D eigenvalue weighted by molar-refractivity contribution is 0.124. The first-order chi connectivity index (χ1) is 6.33. The Morgan fingerprint density at radius 2 is 2.00 bits per heavy atom. The van der Waals surface area contributed by atoms with Gasteiger partial charge in [0, 0.05) is 10.1 Å². The number of ether oxygens (including phenoxy) is 1. The van der Waals surface area contributed by atoms with Crippen molar-refractivity contribution in [3.63, 3.8) is 0 Å². The van der Waals surface area contributed by atoms with Crippen molar-refractivity contribution in [2.24, 2.45) is 0 Å². The van der Waals surface area contributed by atoms with Crippen LogP contribution in [0, 0.1) is 3.57 Å². The molecule has 1 aromatic rings. The van der Waals surface area contributed by atoms with Crippen LogP contribution in [0.2, 0.25) is 0 Å². The smallest absolute Gasteiger partial charge is 0.0717 e. The molecule has 0 atom stereocenters. The summed E-state index contributed by atoms with van der Waals surface area (Å²) in [6, 6.07) is 8.39. The zero-order chi connectivity index (χ0) is 9.52. The molecule has 0 aliphatic rings. The van der Waals surface area contributed by atoms with Crippen molar-refractivity contribution in [3.05, 3.63) is 33.4 Å². The van der Waals surface area contributed by atoms with Gasteiger partial charge in [0.25, 0.3) is 0 Å². The van der Waals surface area contributed by atoms with Crippen LogP contribution in [0.3, 0.4) is 0 Å². The van der Waals surface area contributed by atoms with Gasteiger partial charge in [0.15, 0.2) is 0 Å². The molecule has 0 heterocycles. The molecular weight excluding hydrogens is 277 g/mol. The Labute approximate surface area is 92.8 Å². The largest absolute Gasteiger partial charge is 0.375 e. The van der Waals surface area contributed by atoms with Gasteiger partial charge in [-0.3, -0.25) is 0 Å². The van der Waals surface area contributed by atoms with E-state index in [1.54, 1.807) is 0 Å². The summed E-state index contributed by atoms with van der Waals surface area (Å²) in [7, 11) is 1.92. The summed E-state index contributed by atoms with van der Waals surface area (Å²) in [5, 5.41) is 3.04. The van der Waals surface area contributed by atoms with E-state index in [2.05, 4.69) is 52.2 Å². The molecule has 0 aliphatic heterocycles. The first-order valence-corrected chi connectivity index (χ1v) is 5.37. The topological polar surface area (TPSA) is 21.3 Å². The predicted molar refractivity (Wildman–Crippen MR) is 62.7 cm³/mol. The predicted octanol–water partition coefficient (Wildman–Crippen LogP) is 2.03. The van der Waals surface area contributed by atoms with Gasteiger partial charge in [-0.1, -0.05) is 12.1 Å². The quantitative estimate of drug-likeness (QED) is 0.662. The summed E-state index contributed by atoms with van der Waals surface area (Å²) >= 11 is 2.30. The summed E-state index contributed by atoms with van der Waals surface area (Å²) in [5.74, 6) is 0. The Morgan fingerprint density at radius 1 is 1.31 bits per heavy atom. The van der Waals surface area contributed by atoms with E-state index < -0.39 is 0 Å². The second-order valence-electron chi connectivity index (χ2n) is 2.78. The third-order valence-electron chi connectivity index (χ3n) is 1.68. The highest BCUT2D eigenvalue weighted by atomic mass is 127. The van der Waals surface area contributed by atoms with Crippen molar-refractivity contribution >= 4 is 22.6 Å². The maximum Gasteiger partial charge on any atom is 0.0717 e. The van der Waals surface area contributed by atoms with Crippen LogP contribution in [-0.2, 0) is 11.3 Å². The number of hydrogen-bond donors (Lipinski definition) is 1. The van der Waals surface area contributed by atoms with E-state index in [-0.39, 0.29) is 0 Å². The van der Waals surface area contributed by atoms with Crippen molar-refractivity contribution in [2.45, 2.75) is 6.61 Å². The molecule has 72 valence electrons. The van der Waals surface area contributed by atoms with Crippen molar-refractivity contribution in [1.29, 1.82) is 0 Å². The fraction of sp³-hybridized carbons (Fsp3) is 0.400. The lowest BCUT2D eigenvalue weighted by Crippen LogP contribution is -2.13. The highest BCUT2D eigenvalue weighted by Crippen LogP contribution is 2.07. The van der Waals surface area contributed by atoms with Crippen LogP contribution in [0.5, 0.6) is 0 Å². The Kier molecular flexibility index (Phi) is 5.34. The monoisotopic (exact) mass is 291 g/mol. The Bertz CT molecular complexity index is 235. The summed E-state index contributed by atoms with van der Waals surface area (Å²) in [5.41, 5.74) is 1.23. The maximum atomic E-state index is 5.44. The van der Waals surface area contributed by atoms with E-state index in [1.807, 2.05) is 7.05 Å². The molecule has 0 aromatic heterocycles. The van der Waals surface area contributed by atoms with Crippen LogP contribution < -0.4 is 5.32 Å². The SMILES string of the molecule is CNCCOCc1ccc(I)cc1. The van der Waals surface area contributed by atoms with E-state index in [1.165, 1.54) is 9.13 Å². The van der Waals surface area contributed by atoms with Crippen LogP contribution in [0.25, 0.3) is 0 Å². The zero-order valence-electron chi connectivity index (χ0n) is 7.72. The number of rotatable bonds is 5. The van der Waals surface area contributed by atoms with E-state index in [0.29, 0.717) is 6.61 Å². The third-order valence-corrected chi connectivity index (χ3v) is 2.40. The van der Waals surface area contributed by atoms with Gasteiger partial charge < -0.3 is 10.1 Å². The molecule has 0 bridgehead atoms. The minimum absolute atomic E-state index is 0.707. The number of hydrogen-bond acceptors (Lipinski definition) is 2. The van der Waals surface area contributed by atoms with E-state index >= 15 is 0 Å². The fourth-order valence-electron chi connectivity index (χ4n) is 0.945. The van der Waals surface area contributed by atoms with Gasteiger partial charge in [0.05, 0.1) is 13.2 Å². The van der Waals surface area contributed by atoms with Crippen LogP contribution in [0.4, 0.5) is 0 Å². The molecule has 1 aromatic carbocycles. The molecule has 0 fully saturated rings. The minimum Gasteiger partial charge on any atom is -0.375 e. The van der Waals surface area contributed by atoms with Crippen LogP contribution >= 0.6 is 22.6 Å². The average molecular weight is 291 g/mol. The third kappa shape index (κ3) is 4.59. The zero-order valence-corrected chi connectivity index (χ0v) is 9.87. The molecule has 0 saturated heterocycles. The van der Waals surface area contributed by atoms with Gasteiger partial charge in [-0.25, -0.2) is 0 Å². The van der Waals surface area contributed by atoms with Gasteiger partial charge in [0.2, 0.25) is 0 Å². The van der Waals surface area contributed by atoms with Gasteiger partial charge >= 0.3 is 0 Å². The molecule has 1 rings (SSSR count). The summed E-state index contributed by atoms with van der Waals surface area (Å²) in [6.45, 7) is 2.38. The first kappa shape index (κ1) is 10.9. The summed E-state index contributed by atoms with van der Waals surface area (Å²) < 4.78 is 6.70. The second-order valence-corrected chi connectivity index (χ2v) is 4.03. The molecular formula is C10H14INO. The number of benzene rings is 1. The van der Waals surface area contributed by atoms with Crippen molar-refractivity contribution in [2.75, 3.05) is 20.2 Å². The molecule has 13 heavy (non-hydrogen) atoms. The molecule has 0 spiro atoms. The molecule has 0 radical (unpaired) electrons. The number of nitrogens with one attached hydrogen (secondary N) is 1. The Morgan fingerprint density at radius 3 is 2.62 bits per heavy atom. The standard InChI is InChI=1S/C10H14INO/c1-12-6-7-13-8-9-2-4-10(11)5-3-9/h2-5,12H,6-8H2,1H3. The van der Waals surface area contributed by atoms with E-state index in [9.17, 15) is 0 Å². The van der Waals surface area contributed by atoms with E-state index in [4.69, 9.17) is 4.74 Å². The van der Waals surface area contributed by atoms with E-state index in [0.717, 1.165) is 13.2 Å². The molecule has 0 amide bonds. The number of halogens is 1. The van der Waals surface area contributed by atoms with Gasteiger partial charge in [0.1, 0.15) is 0 Å². The molecule has 3 heteroatoms. The first-order valence-electron chi connectivity index (χ1n) is 4.29. The van der Waals surface area contributed by atoms with Crippen molar-refractivity contribution in [1.82, 2.24) is 5.32 Å².